The Hall–Kier alpha value is -4.19. The average Bonchev–Trinajstić information content (AvgIpc) is 2.91. The summed E-state index contributed by atoms with van der Waals surface area (Å²) in [5.74, 6) is -0.987. The SMILES string of the molecule is COc1ccc([C@H]2CC(=O)C3=C(C2)NC(C)=C(C(=O)OCc2ccccc2)[C@@H]3c2cccc(F)c2)cc1. The number of benzene rings is 3. The molecule has 0 bridgehead atoms. The predicted octanol–water partition coefficient (Wildman–Crippen LogP) is 5.94. The van der Waals surface area contributed by atoms with Crippen LogP contribution in [0.1, 0.15) is 48.3 Å². The first-order chi connectivity index (χ1) is 17.9. The number of hydrogen-bond acceptors (Lipinski definition) is 5. The predicted molar refractivity (Wildman–Crippen MR) is 138 cm³/mol. The molecule has 2 aliphatic rings. The lowest BCUT2D eigenvalue weighted by atomic mass is 9.71. The zero-order valence-electron chi connectivity index (χ0n) is 20.8. The number of esters is 1. The molecule has 1 heterocycles. The first kappa shape index (κ1) is 24.5. The van der Waals surface area contributed by atoms with Gasteiger partial charge in [0.25, 0.3) is 0 Å². The number of ketones is 1. The van der Waals surface area contributed by atoms with Gasteiger partial charge in [-0.15, -0.1) is 0 Å². The van der Waals surface area contributed by atoms with Gasteiger partial charge >= 0.3 is 5.97 Å². The zero-order valence-corrected chi connectivity index (χ0v) is 20.8. The van der Waals surface area contributed by atoms with Crippen LogP contribution < -0.4 is 10.1 Å². The number of allylic oxidation sites excluding steroid dienone is 3. The molecule has 1 aliphatic carbocycles. The van der Waals surface area contributed by atoms with Crippen molar-refractivity contribution in [3.8, 4) is 5.75 Å². The molecule has 37 heavy (non-hydrogen) atoms. The van der Waals surface area contributed by atoms with E-state index in [1.807, 2.05) is 54.6 Å². The highest BCUT2D eigenvalue weighted by Crippen LogP contribution is 2.46. The van der Waals surface area contributed by atoms with Gasteiger partial charge in [-0.05, 0) is 60.2 Å². The maximum Gasteiger partial charge on any atom is 0.337 e. The van der Waals surface area contributed by atoms with Crippen molar-refractivity contribution in [2.45, 2.75) is 38.2 Å². The number of carbonyl (C=O) groups excluding carboxylic acids is 2. The van der Waals surface area contributed by atoms with E-state index in [2.05, 4.69) is 5.32 Å². The minimum absolute atomic E-state index is 0.0165. The van der Waals surface area contributed by atoms with Crippen LogP contribution in [-0.2, 0) is 20.9 Å². The van der Waals surface area contributed by atoms with Gasteiger partial charge < -0.3 is 14.8 Å². The van der Waals surface area contributed by atoms with Crippen molar-refractivity contribution >= 4 is 11.8 Å². The van der Waals surface area contributed by atoms with Gasteiger partial charge in [-0.3, -0.25) is 4.79 Å². The number of halogens is 1. The van der Waals surface area contributed by atoms with Gasteiger partial charge in [-0.1, -0.05) is 54.6 Å². The summed E-state index contributed by atoms with van der Waals surface area (Å²) in [5.41, 5.74) is 4.66. The largest absolute Gasteiger partial charge is 0.497 e. The molecule has 5 nitrogen and oxygen atoms in total. The molecule has 5 rings (SSSR count). The van der Waals surface area contributed by atoms with Crippen LogP contribution in [0.25, 0.3) is 0 Å². The van der Waals surface area contributed by atoms with Crippen molar-refractivity contribution in [3.05, 3.63) is 124 Å². The number of hydrogen-bond donors (Lipinski definition) is 1. The number of ether oxygens (including phenoxy) is 2. The molecule has 0 radical (unpaired) electrons. The van der Waals surface area contributed by atoms with Gasteiger partial charge in [0.15, 0.2) is 5.78 Å². The molecule has 188 valence electrons. The number of Topliss-reactive ketones (excluding diaryl/α,β-unsaturated/α-hetero) is 1. The fraction of sp³-hybridized carbons (Fsp3) is 0.226. The monoisotopic (exact) mass is 497 g/mol. The molecule has 0 spiro atoms. The number of dihydropyridines is 1. The topological polar surface area (TPSA) is 64.6 Å². The average molecular weight is 498 g/mol. The molecule has 0 amide bonds. The summed E-state index contributed by atoms with van der Waals surface area (Å²) in [5, 5.41) is 3.33. The highest BCUT2D eigenvalue weighted by molar-refractivity contribution is 6.04. The Morgan fingerprint density at radius 3 is 2.43 bits per heavy atom. The lowest BCUT2D eigenvalue weighted by Gasteiger charge is -2.36. The summed E-state index contributed by atoms with van der Waals surface area (Å²) in [7, 11) is 1.62. The molecule has 0 fully saturated rings. The van der Waals surface area contributed by atoms with Gasteiger partial charge in [0, 0.05) is 29.3 Å². The molecule has 2 atom stereocenters. The second-order valence-electron chi connectivity index (χ2n) is 9.41. The van der Waals surface area contributed by atoms with Crippen molar-refractivity contribution in [2.24, 2.45) is 0 Å². The minimum atomic E-state index is -0.709. The van der Waals surface area contributed by atoms with Crippen molar-refractivity contribution < 1.29 is 23.5 Å². The third-order valence-electron chi connectivity index (χ3n) is 7.03. The van der Waals surface area contributed by atoms with Gasteiger partial charge in [0.2, 0.25) is 0 Å². The first-order valence-electron chi connectivity index (χ1n) is 12.3. The summed E-state index contributed by atoms with van der Waals surface area (Å²) in [4.78, 5) is 27.1. The van der Waals surface area contributed by atoms with E-state index in [0.29, 0.717) is 35.2 Å². The minimum Gasteiger partial charge on any atom is -0.497 e. The Morgan fingerprint density at radius 1 is 0.973 bits per heavy atom. The van der Waals surface area contributed by atoms with Crippen LogP contribution in [0.3, 0.4) is 0 Å². The van der Waals surface area contributed by atoms with Gasteiger partial charge in [-0.25, -0.2) is 9.18 Å². The Labute approximate surface area is 215 Å². The number of nitrogens with one attached hydrogen (secondary N) is 1. The lowest BCUT2D eigenvalue weighted by molar-refractivity contribution is -0.140. The summed E-state index contributed by atoms with van der Waals surface area (Å²) in [6.45, 7) is 1.91. The van der Waals surface area contributed by atoms with Crippen LogP contribution in [0.4, 0.5) is 4.39 Å². The third-order valence-corrected chi connectivity index (χ3v) is 7.03. The van der Waals surface area contributed by atoms with Crippen LogP contribution >= 0.6 is 0 Å². The first-order valence-corrected chi connectivity index (χ1v) is 12.3. The summed E-state index contributed by atoms with van der Waals surface area (Å²) in [6, 6.07) is 23.2. The van der Waals surface area contributed by atoms with Crippen molar-refractivity contribution in [3.63, 3.8) is 0 Å². The maximum absolute atomic E-state index is 14.3. The normalized spacial score (nSPS) is 19.3. The van der Waals surface area contributed by atoms with Crippen LogP contribution in [0, 0.1) is 5.82 Å². The fourth-order valence-electron chi connectivity index (χ4n) is 5.24. The molecule has 0 saturated carbocycles. The van der Waals surface area contributed by atoms with E-state index in [-0.39, 0.29) is 18.3 Å². The Morgan fingerprint density at radius 2 is 1.73 bits per heavy atom. The third kappa shape index (κ3) is 5.05. The molecular formula is C31H28FNO4. The van der Waals surface area contributed by atoms with Gasteiger partial charge in [-0.2, -0.15) is 0 Å². The maximum atomic E-state index is 14.3. The van der Waals surface area contributed by atoms with Gasteiger partial charge in [0.1, 0.15) is 18.2 Å². The molecule has 0 aromatic heterocycles. The molecule has 1 aliphatic heterocycles. The van der Waals surface area contributed by atoms with E-state index < -0.39 is 17.7 Å². The van der Waals surface area contributed by atoms with Crippen LogP contribution in [0.2, 0.25) is 0 Å². The van der Waals surface area contributed by atoms with Crippen LogP contribution in [0.5, 0.6) is 5.75 Å². The van der Waals surface area contributed by atoms with Gasteiger partial charge in [0.05, 0.1) is 12.7 Å². The second kappa shape index (κ2) is 10.4. The second-order valence-corrected chi connectivity index (χ2v) is 9.41. The molecule has 0 unspecified atom stereocenters. The summed E-state index contributed by atoms with van der Waals surface area (Å²) >= 11 is 0. The highest BCUT2D eigenvalue weighted by atomic mass is 19.1. The highest BCUT2D eigenvalue weighted by Gasteiger charge is 2.41. The van der Waals surface area contributed by atoms with Crippen molar-refractivity contribution in [2.75, 3.05) is 7.11 Å². The lowest BCUT2D eigenvalue weighted by Crippen LogP contribution is -2.36. The smallest absolute Gasteiger partial charge is 0.337 e. The van der Waals surface area contributed by atoms with E-state index in [0.717, 1.165) is 22.6 Å². The summed E-state index contributed by atoms with van der Waals surface area (Å²) in [6.07, 6.45) is 0.896. The Kier molecular flexibility index (Phi) is 6.91. The molecule has 0 saturated heterocycles. The van der Waals surface area contributed by atoms with E-state index in [9.17, 15) is 14.0 Å². The Balaban J connectivity index is 1.50. The number of rotatable bonds is 6. The van der Waals surface area contributed by atoms with E-state index in [4.69, 9.17) is 9.47 Å². The van der Waals surface area contributed by atoms with E-state index >= 15 is 0 Å². The molecular weight excluding hydrogens is 469 g/mol. The van der Waals surface area contributed by atoms with Crippen LogP contribution in [0.15, 0.2) is 101 Å². The van der Waals surface area contributed by atoms with E-state index in [1.165, 1.54) is 12.1 Å². The van der Waals surface area contributed by atoms with E-state index in [1.54, 1.807) is 26.2 Å². The standard InChI is InChI=1S/C31H28FNO4/c1-19-28(31(35)37-18-20-7-4-3-5-8-20)29(22-9-6-10-24(32)15-22)30-26(33-19)16-23(17-27(30)34)21-11-13-25(36-2)14-12-21/h3-15,23,29,33H,16-18H2,1-2H3/t23-,29+/m1/s1. The quantitative estimate of drug-likeness (QED) is 0.427. The van der Waals surface area contributed by atoms with Crippen molar-refractivity contribution in [1.82, 2.24) is 5.32 Å². The fourth-order valence-corrected chi connectivity index (χ4v) is 5.24. The number of methoxy groups -OCH3 is 1. The molecule has 3 aromatic rings. The van der Waals surface area contributed by atoms with Crippen molar-refractivity contribution in [1.29, 1.82) is 0 Å². The molecule has 3 aromatic carbocycles. The molecule has 1 N–H and O–H groups in total. The summed E-state index contributed by atoms with van der Waals surface area (Å²) < 4.78 is 25.3. The zero-order chi connectivity index (χ0) is 25.9. The number of carbonyl (C=O) groups is 2. The molecule has 6 heteroatoms. The van der Waals surface area contributed by atoms with Crippen LogP contribution in [-0.4, -0.2) is 18.9 Å². The Bertz CT molecular complexity index is 1390.